The van der Waals surface area contributed by atoms with Gasteiger partial charge in [0.2, 0.25) is 5.09 Å². The van der Waals surface area contributed by atoms with Crippen LogP contribution in [0.15, 0.2) is 45.9 Å². The summed E-state index contributed by atoms with van der Waals surface area (Å²) in [6, 6.07) is 10.2. The second-order valence-corrected chi connectivity index (χ2v) is 6.28. The molecule has 0 amide bonds. The van der Waals surface area contributed by atoms with Gasteiger partial charge in [0.15, 0.2) is 0 Å². The monoisotopic (exact) mass is 299 g/mol. The summed E-state index contributed by atoms with van der Waals surface area (Å²) in [6.45, 7) is 1.85. The predicted octanol–water partition coefficient (Wildman–Crippen LogP) is 3.15. The molecule has 0 atom stereocenters. The third kappa shape index (κ3) is 2.62. The molecule has 0 saturated heterocycles. The zero-order valence-electron chi connectivity index (χ0n) is 10.6. The number of furan rings is 1. The summed E-state index contributed by atoms with van der Waals surface area (Å²) in [6.07, 6.45) is 0. The number of halogens is 1. The molecule has 2 aromatic rings. The van der Waals surface area contributed by atoms with Gasteiger partial charge >= 0.3 is 0 Å². The molecule has 1 aromatic carbocycles. The number of hydrogen-bond acceptors (Lipinski definition) is 3. The molecule has 1 heterocycles. The maximum absolute atomic E-state index is 12.4. The van der Waals surface area contributed by atoms with E-state index in [4.69, 9.17) is 16.0 Å². The third-order valence-electron chi connectivity index (χ3n) is 2.84. The summed E-state index contributed by atoms with van der Waals surface area (Å²) >= 11 is 5.61. The van der Waals surface area contributed by atoms with Crippen LogP contribution in [0.5, 0.6) is 0 Å². The zero-order chi connectivity index (χ0) is 14.0. The number of para-hydroxylation sites is 1. The van der Waals surface area contributed by atoms with Crippen LogP contribution in [0.3, 0.4) is 0 Å². The first-order valence-electron chi connectivity index (χ1n) is 5.66. The van der Waals surface area contributed by atoms with Crippen LogP contribution in [-0.4, -0.2) is 15.5 Å². The first-order valence-corrected chi connectivity index (χ1v) is 7.63. The average molecular weight is 300 g/mol. The van der Waals surface area contributed by atoms with E-state index in [0.717, 1.165) is 5.56 Å². The number of alkyl halides is 1. The van der Waals surface area contributed by atoms with E-state index in [0.29, 0.717) is 11.4 Å². The molecule has 0 bridgehead atoms. The van der Waals surface area contributed by atoms with Crippen LogP contribution < -0.4 is 4.31 Å². The molecule has 19 heavy (non-hydrogen) atoms. The molecule has 0 fully saturated rings. The van der Waals surface area contributed by atoms with E-state index in [1.807, 2.05) is 19.1 Å². The molecule has 1 aromatic heterocycles. The van der Waals surface area contributed by atoms with Crippen LogP contribution in [0.25, 0.3) is 0 Å². The molecule has 0 aliphatic heterocycles. The summed E-state index contributed by atoms with van der Waals surface area (Å²) in [5, 5.41) is -0.103. The highest BCUT2D eigenvalue weighted by atomic mass is 35.5. The smallest absolute Gasteiger partial charge is 0.297 e. The Balaban J connectivity index is 2.42. The Hall–Kier alpha value is -1.46. The summed E-state index contributed by atoms with van der Waals surface area (Å²) in [7, 11) is -2.20. The lowest BCUT2D eigenvalue weighted by atomic mass is 10.2. The Morgan fingerprint density at radius 3 is 2.47 bits per heavy atom. The Labute approximate surface area is 117 Å². The van der Waals surface area contributed by atoms with Crippen LogP contribution in [0.1, 0.15) is 11.3 Å². The van der Waals surface area contributed by atoms with Gasteiger partial charge in [-0.25, -0.2) is 0 Å². The van der Waals surface area contributed by atoms with Gasteiger partial charge < -0.3 is 4.42 Å². The van der Waals surface area contributed by atoms with Crippen molar-refractivity contribution in [3.8, 4) is 0 Å². The topological polar surface area (TPSA) is 50.5 Å². The number of aryl methyl sites for hydroxylation is 1. The summed E-state index contributed by atoms with van der Waals surface area (Å²) in [5.41, 5.74) is 1.49. The van der Waals surface area contributed by atoms with Crippen molar-refractivity contribution in [2.75, 3.05) is 11.4 Å². The molecule has 2 rings (SSSR count). The number of benzene rings is 1. The maximum Gasteiger partial charge on any atom is 0.297 e. The fourth-order valence-corrected chi connectivity index (χ4v) is 3.08. The van der Waals surface area contributed by atoms with Gasteiger partial charge in [0.1, 0.15) is 5.76 Å². The van der Waals surface area contributed by atoms with Crippen LogP contribution in [-0.2, 0) is 15.9 Å². The number of sulfonamides is 1. The molecule has 4 nitrogen and oxygen atoms in total. The number of rotatable bonds is 4. The summed E-state index contributed by atoms with van der Waals surface area (Å²) in [5.74, 6) is 0.572. The van der Waals surface area contributed by atoms with Crippen LogP contribution in [0.2, 0.25) is 0 Å². The Morgan fingerprint density at radius 1 is 1.21 bits per heavy atom. The van der Waals surface area contributed by atoms with E-state index < -0.39 is 10.0 Å². The largest absolute Gasteiger partial charge is 0.447 e. The molecule has 102 valence electrons. The molecular formula is C13H14ClNO3S. The van der Waals surface area contributed by atoms with Crippen LogP contribution >= 0.6 is 11.6 Å². The van der Waals surface area contributed by atoms with Crippen molar-refractivity contribution in [2.24, 2.45) is 0 Å². The average Bonchev–Trinajstić information content (AvgIpc) is 2.88. The van der Waals surface area contributed by atoms with Crippen molar-refractivity contribution in [1.29, 1.82) is 0 Å². The first-order chi connectivity index (χ1) is 8.96. The summed E-state index contributed by atoms with van der Waals surface area (Å²) < 4.78 is 31.2. The van der Waals surface area contributed by atoms with Gasteiger partial charge in [-0.2, -0.15) is 8.42 Å². The Morgan fingerprint density at radius 2 is 1.89 bits per heavy atom. The van der Waals surface area contributed by atoms with E-state index in [2.05, 4.69) is 0 Å². The molecule has 0 aliphatic rings. The van der Waals surface area contributed by atoms with E-state index in [-0.39, 0.29) is 11.0 Å². The fourth-order valence-electron chi connectivity index (χ4n) is 1.75. The quantitative estimate of drug-likeness (QED) is 0.815. The predicted molar refractivity (Wildman–Crippen MR) is 75.0 cm³/mol. The summed E-state index contributed by atoms with van der Waals surface area (Å²) in [4.78, 5) is 0. The fraction of sp³-hybridized carbons (Fsp3) is 0.231. The standard InChI is InChI=1S/C13H14ClNO3S/c1-10-5-3-4-6-12(10)15(2)19(16,17)13-8-7-11(9-14)18-13/h3-8H,9H2,1-2H3. The van der Waals surface area contributed by atoms with Crippen molar-refractivity contribution >= 4 is 27.3 Å². The molecule has 0 unspecified atom stereocenters. The van der Waals surface area contributed by atoms with Gasteiger partial charge in [-0.3, -0.25) is 4.31 Å². The number of hydrogen-bond donors (Lipinski definition) is 0. The Bertz CT molecular complexity index is 679. The lowest BCUT2D eigenvalue weighted by molar-refractivity contribution is 0.425. The van der Waals surface area contributed by atoms with Crippen LogP contribution in [0, 0.1) is 6.92 Å². The maximum atomic E-state index is 12.4. The van der Waals surface area contributed by atoms with E-state index in [1.54, 1.807) is 18.2 Å². The second-order valence-electron chi connectivity index (χ2n) is 4.11. The normalized spacial score (nSPS) is 11.5. The molecular weight excluding hydrogens is 286 g/mol. The lowest BCUT2D eigenvalue weighted by Gasteiger charge is -2.19. The highest BCUT2D eigenvalue weighted by Crippen LogP contribution is 2.26. The van der Waals surface area contributed by atoms with Crippen molar-refractivity contribution in [1.82, 2.24) is 0 Å². The highest BCUT2D eigenvalue weighted by Gasteiger charge is 2.25. The van der Waals surface area contributed by atoms with Gasteiger partial charge in [0.05, 0.1) is 11.6 Å². The Kier molecular flexibility index (Phi) is 3.87. The zero-order valence-corrected chi connectivity index (χ0v) is 12.2. The van der Waals surface area contributed by atoms with E-state index in [9.17, 15) is 8.42 Å². The van der Waals surface area contributed by atoms with Crippen molar-refractivity contribution < 1.29 is 12.8 Å². The minimum Gasteiger partial charge on any atom is -0.447 e. The van der Waals surface area contributed by atoms with Crippen LogP contribution in [0.4, 0.5) is 5.69 Å². The minimum absolute atomic E-state index is 0.103. The van der Waals surface area contributed by atoms with Gasteiger partial charge in [-0.1, -0.05) is 18.2 Å². The first kappa shape index (κ1) is 14.0. The van der Waals surface area contributed by atoms with Crippen molar-refractivity contribution in [2.45, 2.75) is 17.9 Å². The molecule has 0 aliphatic carbocycles. The second kappa shape index (κ2) is 5.27. The van der Waals surface area contributed by atoms with Gasteiger partial charge in [-0.15, -0.1) is 11.6 Å². The van der Waals surface area contributed by atoms with Crippen molar-refractivity contribution in [3.63, 3.8) is 0 Å². The number of anilines is 1. The SMILES string of the molecule is Cc1ccccc1N(C)S(=O)(=O)c1ccc(CCl)o1. The highest BCUT2D eigenvalue weighted by molar-refractivity contribution is 7.92. The molecule has 0 N–H and O–H groups in total. The van der Waals surface area contributed by atoms with E-state index >= 15 is 0 Å². The van der Waals surface area contributed by atoms with Gasteiger partial charge in [0, 0.05) is 7.05 Å². The third-order valence-corrected chi connectivity index (χ3v) is 4.75. The molecule has 6 heteroatoms. The molecule has 0 spiro atoms. The van der Waals surface area contributed by atoms with Crippen molar-refractivity contribution in [3.05, 3.63) is 47.7 Å². The minimum atomic E-state index is -3.70. The van der Waals surface area contributed by atoms with Gasteiger partial charge in [0.25, 0.3) is 10.0 Å². The van der Waals surface area contributed by atoms with E-state index in [1.165, 1.54) is 17.4 Å². The molecule has 0 radical (unpaired) electrons. The lowest BCUT2D eigenvalue weighted by Crippen LogP contribution is -2.26. The van der Waals surface area contributed by atoms with Gasteiger partial charge in [-0.05, 0) is 30.7 Å². The number of nitrogens with zero attached hydrogens (tertiary/aromatic N) is 1. The molecule has 0 saturated carbocycles.